The van der Waals surface area contributed by atoms with Crippen LogP contribution in [-0.4, -0.2) is 68.0 Å². The van der Waals surface area contributed by atoms with Gasteiger partial charge in [0.1, 0.15) is 0 Å². The highest BCUT2D eigenvalue weighted by Crippen LogP contribution is 2.25. The Bertz CT molecular complexity index is 828. The Labute approximate surface area is 214 Å². The van der Waals surface area contributed by atoms with Gasteiger partial charge in [0.25, 0.3) is 0 Å². The standard InChI is InChI=1S/C25H34N4OS.HI/c1-26-25(29-12-11-23(19-29)20-31-24-5-3-2-4-6-24)27-17-21-7-9-22(10-8-21)18-28-13-15-30-16-14-28;/h2-10,23H,11-20H2,1H3,(H,26,27);1H. The van der Waals surface area contributed by atoms with Crippen molar-refractivity contribution in [2.75, 3.05) is 52.2 Å². The number of likely N-dealkylation sites (tertiary alicyclic amines) is 1. The van der Waals surface area contributed by atoms with Crippen molar-refractivity contribution in [3.8, 4) is 0 Å². The van der Waals surface area contributed by atoms with Gasteiger partial charge in [-0.05, 0) is 35.6 Å². The summed E-state index contributed by atoms with van der Waals surface area (Å²) < 4.78 is 5.44. The monoisotopic (exact) mass is 566 g/mol. The molecule has 2 saturated heterocycles. The minimum atomic E-state index is 0. The number of hydrogen-bond acceptors (Lipinski definition) is 4. The van der Waals surface area contributed by atoms with Crippen LogP contribution in [0.4, 0.5) is 0 Å². The van der Waals surface area contributed by atoms with E-state index < -0.39 is 0 Å². The van der Waals surface area contributed by atoms with Crippen molar-refractivity contribution in [3.63, 3.8) is 0 Å². The van der Waals surface area contributed by atoms with Crippen LogP contribution < -0.4 is 5.32 Å². The molecular weight excluding hydrogens is 531 g/mol. The maximum Gasteiger partial charge on any atom is 0.193 e. The molecule has 1 unspecified atom stereocenters. The van der Waals surface area contributed by atoms with Gasteiger partial charge in [-0.25, -0.2) is 0 Å². The summed E-state index contributed by atoms with van der Waals surface area (Å²) >= 11 is 1.97. The maximum absolute atomic E-state index is 5.44. The van der Waals surface area contributed by atoms with Crippen LogP contribution in [0.3, 0.4) is 0 Å². The molecule has 2 aliphatic rings. The molecule has 2 aromatic rings. The molecule has 5 nitrogen and oxygen atoms in total. The molecule has 0 aliphatic carbocycles. The molecule has 0 amide bonds. The molecule has 2 heterocycles. The third-order valence-corrected chi connectivity index (χ3v) is 7.25. The molecule has 2 fully saturated rings. The van der Waals surface area contributed by atoms with E-state index in [2.05, 4.69) is 74.7 Å². The molecular formula is C25H35IN4OS. The first-order valence-electron chi connectivity index (χ1n) is 11.3. The Hall–Kier alpha value is -1.29. The van der Waals surface area contributed by atoms with Crippen molar-refractivity contribution in [3.05, 3.63) is 65.7 Å². The Balaban J connectivity index is 0.00000289. The number of ether oxygens (including phenoxy) is 1. The molecule has 0 aromatic heterocycles. The molecule has 2 aromatic carbocycles. The normalized spacial score (nSPS) is 19.6. The highest BCUT2D eigenvalue weighted by Gasteiger charge is 2.24. The van der Waals surface area contributed by atoms with E-state index in [1.807, 2.05) is 18.8 Å². The number of nitrogens with zero attached hydrogens (tertiary/aromatic N) is 3. The van der Waals surface area contributed by atoms with Crippen LogP contribution in [0.5, 0.6) is 0 Å². The summed E-state index contributed by atoms with van der Waals surface area (Å²) in [5.74, 6) is 2.90. The molecule has 0 saturated carbocycles. The Morgan fingerprint density at radius 1 is 1.03 bits per heavy atom. The van der Waals surface area contributed by atoms with Crippen LogP contribution in [0, 0.1) is 5.92 Å². The van der Waals surface area contributed by atoms with Gasteiger partial charge in [0.05, 0.1) is 13.2 Å². The zero-order valence-corrected chi connectivity index (χ0v) is 22.1. The molecule has 174 valence electrons. The molecule has 1 atom stereocenters. The number of morpholine rings is 1. The molecule has 2 aliphatic heterocycles. The van der Waals surface area contributed by atoms with E-state index in [1.165, 1.54) is 28.2 Å². The van der Waals surface area contributed by atoms with Gasteiger partial charge in [-0.1, -0.05) is 42.5 Å². The summed E-state index contributed by atoms with van der Waals surface area (Å²) in [7, 11) is 1.89. The summed E-state index contributed by atoms with van der Waals surface area (Å²) in [6.07, 6.45) is 1.23. The quantitative estimate of drug-likeness (QED) is 0.234. The second-order valence-electron chi connectivity index (χ2n) is 8.33. The Morgan fingerprint density at radius 2 is 1.75 bits per heavy atom. The van der Waals surface area contributed by atoms with E-state index in [-0.39, 0.29) is 24.0 Å². The molecule has 0 spiro atoms. The SMILES string of the molecule is CN=C(NCc1ccc(CN2CCOCC2)cc1)N1CCC(CSc2ccccc2)C1.I. The van der Waals surface area contributed by atoms with Crippen molar-refractivity contribution in [1.82, 2.24) is 15.1 Å². The fraction of sp³-hybridized carbons (Fsp3) is 0.480. The minimum absolute atomic E-state index is 0. The summed E-state index contributed by atoms with van der Waals surface area (Å²) in [6.45, 7) is 7.74. The zero-order chi connectivity index (χ0) is 21.3. The lowest BCUT2D eigenvalue weighted by molar-refractivity contribution is 0.0342. The van der Waals surface area contributed by atoms with Crippen molar-refractivity contribution in [2.24, 2.45) is 10.9 Å². The van der Waals surface area contributed by atoms with E-state index >= 15 is 0 Å². The highest BCUT2D eigenvalue weighted by molar-refractivity contribution is 14.0. The van der Waals surface area contributed by atoms with Crippen molar-refractivity contribution in [1.29, 1.82) is 0 Å². The number of guanidine groups is 1. The third kappa shape index (κ3) is 7.64. The largest absolute Gasteiger partial charge is 0.379 e. The maximum atomic E-state index is 5.44. The summed E-state index contributed by atoms with van der Waals surface area (Å²) in [6, 6.07) is 19.7. The molecule has 0 radical (unpaired) electrons. The second-order valence-corrected chi connectivity index (χ2v) is 9.42. The average Bonchev–Trinajstić information content (AvgIpc) is 3.29. The molecule has 4 rings (SSSR count). The van der Waals surface area contributed by atoms with Gasteiger partial charge in [0.2, 0.25) is 0 Å². The van der Waals surface area contributed by atoms with Gasteiger partial charge in [-0.15, -0.1) is 35.7 Å². The number of halogens is 1. The van der Waals surface area contributed by atoms with E-state index in [4.69, 9.17) is 4.74 Å². The van der Waals surface area contributed by atoms with Crippen molar-refractivity contribution < 1.29 is 4.74 Å². The first-order chi connectivity index (χ1) is 15.3. The highest BCUT2D eigenvalue weighted by atomic mass is 127. The van der Waals surface area contributed by atoms with E-state index in [0.717, 1.165) is 58.4 Å². The fourth-order valence-electron chi connectivity index (χ4n) is 4.19. The summed E-state index contributed by atoms with van der Waals surface area (Å²) in [4.78, 5) is 10.8. The van der Waals surface area contributed by atoms with E-state index in [0.29, 0.717) is 5.92 Å². The summed E-state index contributed by atoms with van der Waals surface area (Å²) in [5, 5.41) is 3.57. The lowest BCUT2D eigenvalue weighted by Gasteiger charge is -2.26. The Kier molecular flexibility index (Phi) is 10.6. The van der Waals surface area contributed by atoms with E-state index in [9.17, 15) is 0 Å². The van der Waals surface area contributed by atoms with Gasteiger partial charge in [-0.2, -0.15) is 0 Å². The van der Waals surface area contributed by atoms with Crippen LogP contribution in [0.15, 0.2) is 64.5 Å². The molecule has 0 bridgehead atoms. The van der Waals surface area contributed by atoms with Crippen molar-refractivity contribution in [2.45, 2.75) is 24.4 Å². The zero-order valence-electron chi connectivity index (χ0n) is 18.9. The van der Waals surface area contributed by atoms with Crippen molar-refractivity contribution >= 4 is 41.7 Å². The van der Waals surface area contributed by atoms with Gasteiger partial charge in [-0.3, -0.25) is 9.89 Å². The molecule has 7 heteroatoms. The third-order valence-electron chi connectivity index (χ3n) is 6.01. The predicted octanol–water partition coefficient (Wildman–Crippen LogP) is 4.33. The average molecular weight is 567 g/mol. The van der Waals surface area contributed by atoms with Crippen LogP contribution in [0.1, 0.15) is 17.5 Å². The van der Waals surface area contributed by atoms with Gasteiger partial charge in [0.15, 0.2) is 5.96 Å². The lowest BCUT2D eigenvalue weighted by Crippen LogP contribution is -2.39. The summed E-state index contributed by atoms with van der Waals surface area (Å²) in [5.41, 5.74) is 2.66. The van der Waals surface area contributed by atoms with Crippen LogP contribution in [0.25, 0.3) is 0 Å². The molecule has 1 N–H and O–H groups in total. The number of rotatable bonds is 7. The first kappa shape index (κ1) is 25.3. The smallest absolute Gasteiger partial charge is 0.193 e. The lowest BCUT2D eigenvalue weighted by atomic mass is 10.1. The number of thioether (sulfide) groups is 1. The number of benzene rings is 2. The first-order valence-corrected chi connectivity index (χ1v) is 12.3. The van der Waals surface area contributed by atoms with Gasteiger partial charge in [0, 0.05) is 57.0 Å². The van der Waals surface area contributed by atoms with Gasteiger partial charge < -0.3 is 15.0 Å². The minimum Gasteiger partial charge on any atom is -0.379 e. The number of aliphatic imine (C=N–C) groups is 1. The Morgan fingerprint density at radius 3 is 2.47 bits per heavy atom. The van der Waals surface area contributed by atoms with E-state index in [1.54, 1.807) is 0 Å². The number of nitrogens with one attached hydrogen (secondary N) is 1. The fourth-order valence-corrected chi connectivity index (χ4v) is 5.24. The van der Waals surface area contributed by atoms with Crippen LogP contribution in [0.2, 0.25) is 0 Å². The predicted molar refractivity (Wildman–Crippen MR) is 145 cm³/mol. The van der Waals surface area contributed by atoms with Crippen LogP contribution >= 0.6 is 35.7 Å². The number of hydrogen-bond donors (Lipinski definition) is 1. The molecule has 32 heavy (non-hydrogen) atoms. The topological polar surface area (TPSA) is 40.1 Å². The second kappa shape index (κ2) is 13.4. The van der Waals surface area contributed by atoms with Gasteiger partial charge >= 0.3 is 0 Å². The van der Waals surface area contributed by atoms with Crippen LogP contribution in [-0.2, 0) is 17.8 Å².